The van der Waals surface area contributed by atoms with Crippen LogP contribution in [0.1, 0.15) is 22.3 Å². The average molecular weight is 396 g/mol. The molecule has 1 aliphatic rings. The number of oxazole rings is 1. The molecular weight excluding hydrogens is 376 g/mol. The largest absolute Gasteiger partial charge is 0.436 e. The molecule has 1 N–H and O–H groups in total. The topological polar surface area (TPSA) is 89.3 Å². The lowest BCUT2D eigenvalue weighted by Gasteiger charge is -2.12. The first-order valence-corrected chi connectivity index (χ1v) is 10.9. The van der Waals surface area contributed by atoms with Crippen molar-refractivity contribution in [3.8, 4) is 22.8 Å². The van der Waals surface area contributed by atoms with Gasteiger partial charge < -0.3 is 9.73 Å². The highest BCUT2D eigenvalue weighted by molar-refractivity contribution is 7.91. The summed E-state index contributed by atoms with van der Waals surface area (Å²) in [5, 5.41) is 2.82. The number of nitrogens with one attached hydrogen (secondary N) is 1. The highest BCUT2D eigenvalue weighted by atomic mass is 32.2. The number of aryl methyl sites for hydroxylation is 1. The number of rotatable bonds is 4. The Labute approximate surface area is 163 Å². The third-order valence-electron chi connectivity index (χ3n) is 4.81. The predicted octanol–water partition coefficient (Wildman–Crippen LogP) is 3.23. The van der Waals surface area contributed by atoms with Crippen LogP contribution in [0.25, 0.3) is 22.8 Å². The zero-order valence-corrected chi connectivity index (χ0v) is 16.2. The van der Waals surface area contributed by atoms with Crippen LogP contribution in [0.4, 0.5) is 0 Å². The van der Waals surface area contributed by atoms with Crippen LogP contribution in [0.3, 0.4) is 0 Å². The lowest BCUT2D eigenvalue weighted by molar-refractivity contribution is 0.0941. The van der Waals surface area contributed by atoms with Gasteiger partial charge in [0, 0.05) is 17.2 Å². The Hall–Kier alpha value is -2.93. The van der Waals surface area contributed by atoms with Crippen molar-refractivity contribution in [3.05, 3.63) is 65.9 Å². The van der Waals surface area contributed by atoms with Gasteiger partial charge in [-0.15, -0.1) is 0 Å². The Balaban J connectivity index is 1.60. The smallest absolute Gasteiger partial charge is 0.252 e. The summed E-state index contributed by atoms with van der Waals surface area (Å²) in [4.78, 5) is 17.1. The van der Waals surface area contributed by atoms with Crippen molar-refractivity contribution in [2.75, 3.05) is 11.5 Å². The maximum atomic E-state index is 12.7. The molecule has 1 aliphatic heterocycles. The van der Waals surface area contributed by atoms with Crippen LogP contribution in [0.2, 0.25) is 0 Å². The molecule has 4 rings (SSSR count). The quantitative estimate of drug-likeness (QED) is 0.731. The summed E-state index contributed by atoms with van der Waals surface area (Å²) in [6, 6.07) is 14.6. The fraction of sp³-hybridized carbons (Fsp3) is 0.238. The van der Waals surface area contributed by atoms with E-state index >= 15 is 0 Å². The first-order valence-electron chi connectivity index (χ1n) is 9.05. The number of carbonyl (C=O) groups excluding carboxylic acids is 1. The fourth-order valence-corrected chi connectivity index (χ4v) is 4.96. The van der Waals surface area contributed by atoms with Gasteiger partial charge in [0.2, 0.25) is 5.89 Å². The molecule has 0 saturated carbocycles. The molecule has 3 aromatic rings. The van der Waals surface area contributed by atoms with Gasteiger partial charge in [0.05, 0.1) is 23.3 Å². The van der Waals surface area contributed by atoms with Crippen molar-refractivity contribution in [2.45, 2.75) is 19.4 Å². The maximum Gasteiger partial charge on any atom is 0.252 e. The second-order valence-corrected chi connectivity index (χ2v) is 9.24. The monoisotopic (exact) mass is 396 g/mol. The highest BCUT2D eigenvalue weighted by Gasteiger charge is 2.29. The standard InChI is InChI=1S/C21H20N2O4S/c1-14-6-8-15(9-7-14)19-12-22-21(27-19)18-5-3-2-4-17(18)20(24)23-16-10-11-28(25,26)13-16/h2-9,12,16H,10-11,13H2,1H3,(H,23,24). The van der Waals surface area contributed by atoms with Gasteiger partial charge in [-0.1, -0.05) is 42.0 Å². The second kappa shape index (κ2) is 7.24. The molecule has 0 radical (unpaired) electrons. The van der Waals surface area contributed by atoms with E-state index in [0.29, 0.717) is 29.2 Å². The van der Waals surface area contributed by atoms with Crippen LogP contribution in [-0.2, 0) is 9.84 Å². The van der Waals surface area contributed by atoms with Gasteiger partial charge in [0.1, 0.15) is 0 Å². The van der Waals surface area contributed by atoms with Crippen LogP contribution < -0.4 is 5.32 Å². The number of nitrogens with zero attached hydrogens (tertiary/aromatic N) is 1. The van der Waals surface area contributed by atoms with E-state index in [4.69, 9.17) is 4.42 Å². The van der Waals surface area contributed by atoms with E-state index < -0.39 is 9.84 Å². The van der Waals surface area contributed by atoms with Crippen LogP contribution in [-0.4, -0.2) is 36.9 Å². The van der Waals surface area contributed by atoms with E-state index in [1.165, 1.54) is 0 Å². The van der Waals surface area contributed by atoms with Crippen LogP contribution in [0.5, 0.6) is 0 Å². The lowest BCUT2D eigenvalue weighted by atomic mass is 10.1. The molecule has 6 nitrogen and oxygen atoms in total. The Morgan fingerprint density at radius 3 is 2.61 bits per heavy atom. The minimum atomic E-state index is -3.06. The van der Waals surface area contributed by atoms with Crippen molar-refractivity contribution in [2.24, 2.45) is 0 Å². The van der Waals surface area contributed by atoms with E-state index in [9.17, 15) is 13.2 Å². The van der Waals surface area contributed by atoms with E-state index in [1.54, 1.807) is 24.4 Å². The number of sulfone groups is 1. The number of hydrogen-bond donors (Lipinski definition) is 1. The predicted molar refractivity (Wildman–Crippen MR) is 107 cm³/mol. The summed E-state index contributed by atoms with van der Waals surface area (Å²) >= 11 is 0. The Morgan fingerprint density at radius 2 is 1.89 bits per heavy atom. The van der Waals surface area contributed by atoms with E-state index in [2.05, 4.69) is 10.3 Å². The zero-order valence-electron chi connectivity index (χ0n) is 15.4. The second-order valence-electron chi connectivity index (χ2n) is 7.01. The highest BCUT2D eigenvalue weighted by Crippen LogP contribution is 2.28. The minimum absolute atomic E-state index is 0.0164. The molecular formula is C21H20N2O4S. The molecule has 1 atom stereocenters. The van der Waals surface area contributed by atoms with Gasteiger partial charge in [-0.05, 0) is 25.5 Å². The van der Waals surface area contributed by atoms with Crippen molar-refractivity contribution in [1.29, 1.82) is 0 Å². The van der Waals surface area contributed by atoms with Crippen molar-refractivity contribution >= 4 is 15.7 Å². The molecule has 28 heavy (non-hydrogen) atoms. The maximum absolute atomic E-state index is 12.7. The Morgan fingerprint density at radius 1 is 1.14 bits per heavy atom. The molecule has 1 unspecified atom stereocenters. The molecule has 1 saturated heterocycles. The number of hydrogen-bond acceptors (Lipinski definition) is 5. The van der Waals surface area contributed by atoms with Crippen LogP contribution >= 0.6 is 0 Å². The molecule has 7 heteroatoms. The zero-order chi connectivity index (χ0) is 19.7. The van der Waals surface area contributed by atoms with Gasteiger partial charge in [0.25, 0.3) is 5.91 Å². The summed E-state index contributed by atoms with van der Waals surface area (Å²) in [5.74, 6) is 0.733. The molecule has 1 amide bonds. The third-order valence-corrected chi connectivity index (χ3v) is 6.58. The molecule has 2 aromatic carbocycles. The van der Waals surface area contributed by atoms with Gasteiger partial charge in [-0.2, -0.15) is 0 Å². The average Bonchev–Trinajstić information content (AvgIpc) is 3.29. The number of carbonyl (C=O) groups is 1. The summed E-state index contributed by atoms with van der Waals surface area (Å²) < 4.78 is 29.2. The van der Waals surface area contributed by atoms with Crippen molar-refractivity contribution in [3.63, 3.8) is 0 Å². The summed E-state index contributed by atoms with van der Waals surface area (Å²) in [6.07, 6.45) is 2.07. The Bertz CT molecular complexity index is 1120. The first-order chi connectivity index (χ1) is 13.4. The summed E-state index contributed by atoms with van der Waals surface area (Å²) in [6.45, 7) is 2.01. The van der Waals surface area contributed by atoms with E-state index in [-0.39, 0.29) is 23.5 Å². The normalized spacial score (nSPS) is 18.1. The first kappa shape index (κ1) is 18.4. The van der Waals surface area contributed by atoms with E-state index in [1.807, 2.05) is 37.3 Å². The number of aromatic nitrogens is 1. The minimum Gasteiger partial charge on any atom is -0.436 e. The fourth-order valence-electron chi connectivity index (χ4n) is 3.29. The molecule has 0 spiro atoms. The molecule has 144 valence electrons. The van der Waals surface area contributed by atoms with Gasteiger partial charge in [0.15, 0.2) is 15.6 Å². The van der Waals surface area contributed by atoms with Crippen molar-refractivity contribution in [1.82, 2.24) is 10.3 Å². The van der Waals surface area contributed by atoms with Gasteiger partial charge in [-0.25, -0.2) is 13.4 Å². The lowest BCUT2D eigenvalue weighted by Crippen LogP contribution is -2.35. The van der Waals surface area contributed by atoms with E-state index in [0.717, 1.165) is 11.1 Å². The summed E-state index contributed by atoms with van der Waals surface area (Å²) in [7, 11) is -3.06. The molecule has 0 bridgehead atoms. The molecule has 1 aromatic heterocycles. The van der Waals surface area contributed by atoms with Crippen molar-refractivity contribution < 1.29 is 17.6 Å². The number of benzene rings is 2. The summed E-state index contributed by atoms with van der Waals surface area (Å²) in [5.41, 5.74) is 3.03. The molecule has 2 heterocycles. The van der Waals surface area contributed by atoms with Crippen LogP contribution in [0, 0.1) is 6.92 Å². The molecule has 0 aliphatic carbocycles. The number of amides is 1. The van der Waals surface area contributed by atoms with Gasteiger partial charge in [-0.3, -0.25) is 4.79 Å². The van der Waals surface area contributed by atoms with Gasteiger partial charge >= 0.3 is 0 Å². The van der Waals surface area contributed by atoms with Crippen LogP contribution in [0.15, 0.2) is 59.1 Å². The Kier molecular flexibility index (Phi) is 4.77. The third kappa shape index (κ3) is 3.84. The SMILES string of the molecule is Cc1ccc(-c2cnc(-c3ccccc3C(=O)NC3CCS(=O)(=O)C3)o2)cc1. The molecule has 1 fully saturated rings.